The van der Waals surface area contributed by atoms with Crippen molar-refractivity contribution in [2.45, 2.75) is 77.0 Å². The highest BCUT2D eigenvalue weighted by atomic mass is 35.5. The highest BCUT2D eigenvalue weighted by Gasteiger charge is 2.17. The molecule has 0 unspecified atom stereocenters. The van der Waals surface area contributed by atoms with Crippen LogP contribution in [0.1, 0.15) is 75.5 Å². The number of unbranched alkanes of at least 4 members (excludes halogenated alkanes) is 7. The topological polar surface area (TPSA) is 28.2 Å². The van der Waals surface area contributed by atoms with Crippen LogP contribution in [0.25, 0.3) is 10.9 Å². The zero-order chi connectivity index (χ0) is 19.6. The van der Waals surface area contributed by atoms with E-state index in [0.717, 1.165) is 18.5 Å². The minimum atomic E-state index is 0. The van der Waals surface area contributed by atoms with Crippen molar-refractivity contribution < 1.29 is 0 Å². The van der Waals surface area contributed by atoms with E-state index in [9.17, 15) is 0 Å². The molecule has 3 nitrogen and oxygen atoms in total. The maximum absolute atomic E-state index is 4.94. The van der Waals surface area contributed by atoms with Crippen molar-refractivity contribution in [3.8, 4) is 0 Å². The third-order valence-corrected chi connectivity index (χ3v) is 6.00. The summed E-state index contributed by atoms with van der Waals surface area (Å²) in [5.74, 6) is 0. The van der Waals surface area contributed by atoms with Crippen molar-refractivity contribution in [2.24, 2.45) is 0 Å². The summed E-state index contributed by atoms with van der Waals surface area (Å²) in [4.78, 5) is 7.23. The number of fused-ring (bicyclic) bond motifs is 2. The number of pyridine rings is 1. The van der Waals surface area contributed by atoms with Gasteiger partial charge in [0.05, 0.1) is 5.52 Å². The van der Waals surface area contributed by atoms with Crippen LogP contribution in [0.4, 0.5) is 5.69 Å². The molecule has 0 aliphatic heterocycles. The van der Waals surface area contributed by atoms with Gasteiger partial charge in [0.1, 0.15) is 0 Å². The summed E-state index contributed by atoms with van der Waals surface area (Å²) in [7, 11) is 4.33. The second-order valence-electron chi connectivity index (χ2n) is 8.69. The average molecular weight is 418 g/mol. The third kappa shape index (κ3) is 7.46. The van der Waals surface area contributed by atoms with Crippen molar-refractivity contribution in [3.05, 3.63) is 35.5 Å². The van der Waals surface area contributed by atoms with Gasteiger partial charge in [-0.3, -0.25) is 4.98 Å². The van der Waals surface area contributed by atoms with Gasteiger partial charge in [0.15, 0.2) is 0 Å². The quantitative estimate of drug-likeness (QED) is 0.393. The van der Waals surface area contributed by atoms with Crippen molar-refractivity contribution in [1.29, 1.82) is 0 Å². The van der Waals surface area contributed by atoms with Crippen LogP contribution in [0.15, 0.2) is 24.3 Å². The molecule has 0 radical (unpaired) electrons. The summed E-state index contributed by atoms with van der Waals surface area (Å²) < 4.78 is 0. The largest absolute Gasteiger partial charge is 0.384 e. The predicted octanol–water partition coefficient (Wildman–Crippen LogP) is 6.63. The lowest BCUT2D eigenvalue weighted by Gasteiger charge is -2.21. The second kappa shape index (κ2) is 13.1. The van der Waals surface area contributed by atoms with Gasteiger partial charge in [0, 0.05) is 23.3 Å². The molecule has 0 saturated heterocycles. The number of para-hydroxylation sites is 1. The fraction of sp³-hybridized carbons (Fsp3) is 0.640. The fourth-order valence-electron chi connectivity index (χ4n) is 4.40. The van der Waals surface area contributed by atoms with Gasteiger partial charge in [-0.2, -0.15) is 0 Å². The number of aryl methyl sites for hydroxylation is 1. The van der Waals surface area contributed by atoms with Gasteiger partial charge in [-0.25, -0.2) is 0 Å². The zero-order valence-corrected chi connectivity index (χ0v) is 19.3. The Hall–Kier alpha value is -1.32. The molecule has 0 fully saturated rings. The molecule has 0 bridgehead atoms. The summed E-state index contributed by atoms with van der Waals surface area (Å²) in [6.07, 6.45) is 15.9. The summed E-state index contributed by atoms with van der Waals surface area (Å²) in [5.41, 5.74) is 5.35. The van der Waals surface area contributed by atoms with E-state index in [4.69, 9.17) is 4.98 Å². The molecule has 29 heavy (non-hydrogen) atoms. The highest BCUT2D eigenvalue weighted by molar-refractivity contribution is 5.93. The SMILES string of the molecule is CN(C)CCCCCCCCCCNc1c2c(nc3ccccc13)CCCC2.Cl. The normalized spacial score (nSPS) is 13.3. The summed E-state index contributed by atoms with van der Waals surface area (Å²) in [6.45, 7) is 2.32. The van der Waals surface area contributed by atoms with Crippen LogP contribution in [0.3, 0.4) is 0 Å². The first-order chi connectivity index (χ1) is 13.8. The molecule has 0 spiro atoms. The molecule has 1 heterocycles. The molecular weight excluding hydrogens is 378 g/mol. The number of halogens is 1. The lowest BCUT2D eigenvalue weighted by Crippen LogP contribution is -2.12. The predicted molar refractivity (Wildman–Crippen MR) is 130 cm³/mol. The highest BCUT2D eigenvalue weighted by Crippen LogP contribution is 2.33. The van der Waals surface area contributed by atoms with Crippen molar-refractivity contribution in [1.82, 2.24) is 9.88 Å². The van der Waals surface area contributed by atoms with E-state index in [-0.39, 0.29) is 12.4 Å². The molecule has 0 saturated carbocycles. The van der Waals surface area contributed by atoms with Crippen molar-refractivity contribution in [2.75, 3.05) is 32.5 Å². The van der Waals surface area contributed by atoms with Gasteiger partial charge in [0.2, 0.25) is 0 Å². The number of hydrogen-bond donors (Lipinski definition) is 1. The number of benzene rings is 1. The number of nitrogens with zero attached hydrogens (tertiary/aromatic N) is 2. The molecule has 2 aromatic rings. The van der Waals surface area contributed by atoms with Gasteiger partial charge < -0.3 is 10.2 Å². The molecule has 1 aliphatic carbocycles. The molecule has 162 valence electrons. The van der Waals surface area contributed by atoms with Gasteiger partial charge in [-0.05, 0) is 70.8 Å². The van der Waals surface area contributed by atoms with E-state index in [2.05, 4.69) is 48.6 Å². The number of nitrogens with one attached hydrogen (secondary N) is 1. The van der Waals surface area contributed by atoms with Gasteiger partial charge in [-0.15, -0.1) is 12.4 Å². The van der Waals surface area contributed by atoms with Crippen LogP contribution in [0, 0.1) is 0 Å². The Labute approximate surface area is 184 Å². The van der Waals surface area contributed by atoms with Crippen molar-refractivity contribution >= 4 is 29.0 Å². The van der Waals surface area contributed by atoms with Crippen molar-refractivity contribution in [3.63, 3.8) is 0 Å². The average Bonchev–Trinajstić information content (AvgIpc) is 2.71. The Morgan fingerprint density at radius 2 is 1.52 bits per heavy atom. The van der Waals surface area contributed by atoms with Gasteiger partial charge in [-0.1, -0.05) is 56.7 Å². The zero-order valence-electron chi connectivity index (χ0n) is 18.5. The maximum atomic E-state index is 4.94. The number of anilines is 1. The van der Waals surface area contributed by atoms with E-state index < -0.39 is 0 Å². The van der Waals surface area contributed by atoms with Crippen LogP contribution in [-0.2, 0) is 12.8 Å². The van der Waals surface area contributed by atoms with Crippen LogP contribution in [0.2, 0.25) is 0 Å². The Kier molecular flexibility index (Phi) is 10.8. The molecular formula is C25H40ClN3. The molecule has 3 rings (SSSR count). The van der Waals surface area contributed by atoms with Crippen LogP contribution >= 0.6 is 12.4 Å². The Morgan fingerprint density at radius 1 is 0.862 bits per heavy atom. The van der Waals surface area contributed by atoms with E-state index in [1.54, 1.807) is 0 Å². The maximum Gasteiger partial charge on any atom is 0.0726 e. The number of aromatic nitrogens is 1. The molecule has 0 amide bonds. The minimum absolute atomic E-state index is 0. The Balaban J connectivity index is 0.00000300. The van der Waals surface area contributed by atoms with E-state index in [0.29, 0.717) is 0 Å². The molecule has 4 heteroatoms. The van der Waals surface area contributed by atoms with E-state index in [1.165, 1.54) is 99.5 Å². The lowest BCUT2D eigenvalue weighted by molar-refractivity contribution is 0.389. The number of rotatable bonds is 12. The number of hydrogen-bond acceptors (Lipinski definition) is 3. The first-order valence-corrected chi connectivity index (χ1v) is 11.5. The standard InChI is InChI=1S/C25H39N3.ClH/c1-28(2)20-14-8-6-4-3-5-7-13-19-26-25-21-15-9-11-17-23(21)27-24-18-12-10-16-22(24)25;/h9,11,15,17H,3-8,10,12-14,16,18-20H2,1-2H3,(H,26,27);1H. The Morgan fingerprint density at radius 3 is 2.28 bits per heavy atom. The molecule has 1 aliphatic rings. The molecule has 1 N–H and O–H groups in total. The second-order valence-corrected chi connectivity index (χ2v) is 8.69. The molecule has 1 aromatic heterocycles. The molecule has 0 atom stereocenters. The van der Waals surface area contributed by atoms with E-state index >= 15 is 0 Å². The van der Waals surface area contributed by atoms with E-state index in [1.807, 2.05) is 0 Å². The van der Waals surface area contributed by atoms with Crippen LogP contribution in [0.5, 0.6) is 0 Å². The Bertz CT molecular complexity index is 729. The van der Waals surface area contributed by atoms with Gasteiger partial charge >= 0.3 is 0 Å². The summed E-state index contributed by atoms with van der Waals surface area (Å²) >= 11 is 0. The van der Waals surface area contributed by atoms with Gasteiger partial charge in [0.25, 0.3) is 0 Å². The summed E-state index contributed by atoms with van der Waals surface area (Å²) in [5, 5.41) is 5.11. The first kappa shape index (κ1) is 24.0. The monoisotopic (exact) mass is 417 g/mol. The summed E-state index contributed by atoms with van der Waals surface area (Å²) in [6, 6.07) is 8.64. The van der Waals surface area contributed by atoms with Crippen LogP contribution < -0.4 is 5.32 Å². The fourth-order valence-corrected chi connectivity index (χ4v) is 4.40. The van der Waals surface area contributed by atoms with Crippen LogP contribution in [-0.4, -0.2) is 37.1 Å². The minimum Gasteiger partial charge on any atom is -0.384 e. The first-order valence-electron chi connectivity index (χ1n) is 11.5. The third-order valence-electron chi connectivity index (χ3n) is 6.00. The smallest absolute Gasteiger partial charge is 0.0726 e. The lowest BCUT2D eigenvalue weighted by atomic mass is 9.92. The molecule has 1 aromatic carbocycles.